The Hall–Kier alpha value is -2.58. The van der Waals surface area contributed by atoms with E-state index in [0.717, 1.165) is 12.8 Å². The fraction of sp³-hybridized carbons (Fsp3) is 0.316. The smallest absolute Gasteiger partial charge is 0.262 e. The molecule has 0 radical (unpaired) electrons. The van der Waals surface area contributed by atoms with Crippen LogP contribution in [0.5, 0.6) is 5.75 Å². The van der Waals surface area contributed by atoms with E-state index in [1.54, 1.807) is 30.3 Å². The highest BCUT2D eigenvalue weighted by atomic mass is 32.2. The number of anilines is 1. The Kier molecular flexibility index (Phi) is 5.98. The number of rotatable bonds is 7. The molecule has 0 aliphatic carbocycles. The van der Waals surface area contributed by atoms with Crippen molar-refractivity contribution in [1.82, 2.24) is 5.32 Å². The number of nitrogens with one attached hydrogen (secondary N) is 2. The lowest BCUT2D eigenvalue weighted by molar-refractivity contribution is 0.0857. The van der Waals surface area contributed by atoms with Crippen LogP contribution in [0.1, 0.15) is 23.2 Å². The van der Waals surface area contributed by atoms with Crippen molar-refractivity contribution in [3.8, 4) is 5.75 Å². The molecular formula is C19H22N2O5S. The first kappa shape index (κ1) is 19.2. The molecule has 0 spiro atoms. The van der Waals surface area contributed by atoms with Crippen molar-refractivity contribution in [1.29, 1.82) is 0 Å². The molecule has 2 aromatic rings. The van der Waals surface area contributed by atoms with Crippen molar-refractivity contribution < 1.29 is 22.7 Å². The van der Waals surface area contributed by atoms with Crippen molar-refractivity contribution in [2.45, 2.75) is 23.8 Å². The summed E-state index contributed by atoms with van der Waals surface area (Å²) in [6, 6.07) is 12.6. The van der Waals surface area contributed by atoms with Crippen LogP contribution in [-0.4, -0.2) is 40.7 Å². The Labute approximate surface area is 158 Å². The molecule has 0 saturated carbocycles. The van der Waals surface area contributed by atoms with Gasteiger partial charge in [-0.05, 0) is 43.2 Å². The highest BCUT2D eigenvalue weighted by Gasteiger charge is 2.20. The summed E-state index contributed by atoms with van der Waals surface area (Å²) >= 11 is 0. The van der Waals surface area contributed by atoms with Gasteiger partial charge in [0.2, 0.25) is 0 Å². The van der Waals surface area contributed by atoms with E-state index in [1.807, 2.05) is 0 Å². The quantitative estimate of drug-likeness (QED) is 0.757. The lowest BCUT2D eigenvalue weighted by Gasteiger charge is -2.13. The van der Waals surface area contributed by atoms with Crippen molar-refractivity contribution in [2.24, 2.45) is 0 Å². The van der Waals surface area contributed by atoms with E-state index in [-0.39, 0.29) is 22.5 Å². The molecule has 1 fully saturated rings. The molecule has 2 N–H and O–H groups in total. The summed E-state index contributed by atoms with van der Waals surface area (Å²) in [7, 11) is -2.40. The molecule has 144 valence electrons. The standard InChI is InChI=1S/C19H22N2O5S/c1-25-18-10-3-2-9-17(18)21-27(23,24)16-8-4-6-14(12-16)19(22)20-13-15-7-5-11-26-15/h2-4,6,8-10,12,15,21H,5,7,11,13H2,1H3,(H,20,22)/t15-/m0/s1. The van der Waals surface area contributed by atoms with Gasteiger partial charge in [0.15, 0.2) is 0 Å². The largest absolute Gasteiger partial charge is 0.495 e. The van der Waals surface area contributed by atoms with Gasteiger partial charge in [0, 0.05) is 18.7 Å². The average molecular weight is 390 g/mol. The fourth-order valence-electron chi connectivity index (χ4n) is 2.85. The first-order chi connectivity index (χ1) is 13.0. The molecule has 1 amide bonds. The molecular weight excluding hydrogens is 368 g/mol. The van der Waals surface area contributed by atoms with E-state index < -0.39 is 10.0 Å². The molecule has 2 aromatic carbocycles. The maximum Gasteiger partial charge on any atom is 0.262 e. The second-order valence-electron chi connectivity index (χ2n) is 6.18. The number of hydrogen-bond donors (Lipinski definition) is 2. The first-order valence-electron chi connectivity index (χ1n) is 8.65. The number of carbonyl (C=O) groups excluding carboxylic acids is 1. The Morgan fingerprint density at radius 2 is 2.04 bits per heavy atom. The third-order valence-electron chi connectivity index (χ3n) is 4.27. The molecule has 7 nitrogen and oxygen atoms in total. The number of methoxy groups -OCH3 is 1. The average Bonchev–Trinajstić information content (AvgIpc) is 3.20. The van der Waals surface area contributed by atoms with E-state index >= 15 is 0 Å². The van der Waals surface area contributed by atoms with Crippen molar-refractivity contribution in [3.05, 3.63) is 54.1 Å². The van der Waals surface area contributed by atoms with E-state index in [4.69, 9.17) is 9.47 Å². The van der Waals surface area contributed by atoms with Crippen LogP contribution in [0, 0.1) is 0 Å². The SMILES string of the molecule is COc1ccccc1NS(=O)(=O)c1cccc(C(=O)NC[C@@H]2CCCO2)c1. The van der Waals surface area contributed by atoms with Gasteiger partial charge in [0.25, 0.3) is 15.9 Å². The Balaban J connectivity index is 1.74. The summed E-state index contributed by atoms with van der Waals surface area (Å²) in [6.45, 7) is 1.12. The van der Waals surface area contributed by atoms with Crippen LogP contribution in [0.15, 0.2) is 53.4 Å². The Morgan fingerprint density at radius 1 is 1.22 bits per heavy atom. The van der Waals surface area contributed by atoms with Crippen LogP contribution < -0.4 is 14.8 Å². The van der Waals surface area contributed by atoms with E-state index in [0.29, 0.717) is 24.6 Å². The molecule has 8 heteroatoms. The van der Waals surface area contributed by atoms with Gasteiger partial charge in [-0.1, -0.05) is 18.2 Å². The highest BCUT2D eigenvalue weighted by Crippen LogP contribution is 2.26. The summed E-state index contributed by atoms with van der Waals surface area (Å²) in [5.74, 6) is 0.0753. The number of hydrogen-bond acceptors (Lipinski definition) is 5. The summed E-state index contributed by atoms with van der Waals surface area (Å²) in [5, 5.41) is 2.79. The highest BCUT2D eigenvalue weighted by molar-refractivity contribution is 7.92. The maximum atomic E-state index is 12.7. The molecule has 1 heterocycles. The summed E-state index contributed by atoms with van der Waals surface area (Å²) in [4.78, 5) is 12.3. The summed E-state index contributed by atoms with van der Waals surface area (Å²) in [5.41, 5.74) is 0.601. The van der Waals surface area contributed by atoms with E-state index in [2.05, 4.69) is 10.0 Å². The van der Waals surface area contributed by atoms with Gasteiger partial charge in [-0.2, -0.15) is 0 Å². The molecule has 1 atom stereocenters. The van der Waals surface area contributed by atoms with Crippen LogP contribution >= 0.6 is 0 Å². The van der Waals surface area contributed by atoms with Gasteiger partial charge in [-0.3, -0.25) is 9.52 Å². The van der Waals surface area contributed by atoms with Crippen LogP contribution in [0.3, 0.4) is 0 Å². The van der Waals surface area contributed by atoms with Gasteiger partial charge in [0.1, 0.15) is 5.75 Å². The fourth-order valence-corrected chi connectivity index (χ4v) is 3.97. The van der Waals surface area contributed by atoms with Gasteiger partial charge in [0.05, 0.1) is 23.8 Å². The van der Waals surface area contributed by atoms with Crippen molar-refractivity contribution in [3.63, 3.8) is 0 Å². The molecule has 1 aliphatic heterocycles. The van der Waals surface area contributed by atoms with Gasteiger partial charge < -0.3 is 14.8 Å². The lowest BCUT2D eigenvalue weighted by atomic mass is 10.2. The normalized spacial score (nSPS) is 16.7. The molecule has 3 rings (SSSR count). The predicted molar refractivity (Wildman–Crippen MR) is 102 cm³/mol. The number of sulfonamides is 1. The predicted octanol–water partition coefficient (Wildman–Crippen LogP) is 2.40. The zero-order chi connectivity index (χ0) is 19.3. The summed E-state index contributed by atoms with van der Waals surface area (Å²) < 4.78 is 38.5. The zero-order valence-corrected chi connectivity index (χ0v) is 15.8. The summed E-state index contributed by atoms with van der Waals surface area (Å²) in [6.07, 6.45) is 1.92. The molecule has 0 bridgehead atoms. The number of para-hydroxylation sites is 2. The molecule has 1 aliphatic rings. The third-order valence-corrected chi connectivity index (χ3v) is 5.64. The van der Waals surface area contributed by atoms with Crippen LogP contribution in [0.25, 0.3) is 0 Å². The van der Waals surface area contributed by atoms with E-state index in [9.17, 15) is 13.2 Å². The maximum absolute atomic E-state index is 12.7. The van der Waals surface area contributed by atoms with Gasteiger partial charge in [-0.25, -0.2) is 8.42 Å². The second kappa shape index (κ2) is 8.41. The van der Waals surface area contributed by atoms with Crippen LogP contribution in [-0.2, 0) is 14.8 Å². The van der Waals surface area contributed by atoms with Gasteiger partial charge >= 0.3 is 0 Å². The minimum absolute atomic E-state index is 0.00169. The topological polar surface area (TPSA) is 93.7 Å². The van der Waals surface area contributed by atoms with Crippen molar-refractivity contribution in [2.75, 3.05) is 25.0 Å². The third kappa shape index (κ3) is 4.78. The minimum Gasteiger partial charge on any atom is -0.495 e. The lowest BCUT2D eigenvalue weighted by Crippen LogP contribution is -2.31. The Morgan fingerprint density at radius 3 is 2.78 bits per heavy atom. The Bertz CT molecular complexity index is 908. The zero-order valence-electron chi connectivity index (χ0n) is 15.0. The van der Waals surface area contributed by atoms with Gasteiger partial charge in [-0.15, -0.1) is 0 Å². The molecule has 1 saturated heterocycles. The molecule has 0 aromatic heterocycles. The van der Waals surface area contributed by atoms with E-state index in [1.165, 1.54) is 25.3 Å². The molecule has 0 unspecified atom stereocenters. The number of amides is 1. The molecule has 27 heavy (non-hydrogen) atoms. The number of carbonyl (C=O) groups is 1. The van der Waals surface area contributed by atoms with Crippen LogP contribution in [0.4, 0.5) is 5.69 Å². The number of benzene rings is 2. The second-order valence-corrected chi connectivity index (χ2v) is 7.86. The first-order valence-corrected chi connectivity index (χ1v) is 10.1. The minimum atomic E-state index is -3.87. The van der Waals surface area contributed by atoms with Crippen LogP contribution in [0.2, 0.25) is 0 Å². The number of ether oxygens (including phenoxy) is 2. The monoisotopic (exact) mass is 390 g/mol. The van der Waals surface area contributed by atoms with Crippen molar-refractivity contribution >= 4 is 21.6 Å².